The van der Waals surface area contributed by atoms with Crippen molar-refractivity contribution in [2.24, 2.45) is 0 Å². The van der Waals surface area contributed by atoms with E-state index in [4.69, 9.17) is 0 Å². The molecular formula is C11H9BrN4O. The fraction of sp³-hybridized carbons (Fsp3) is 0.182. The van der Waals surface area contributed by atoms with Gasteiger partial charge >= 0.3 is 0 Å². The molecule has 0 bridgehead atoms. The van der Waals surface area contributed by atoms with Crippen LogP contribution in [-0.2, 0) is 13.1 Å². The second-order valence-electron chi connectivity index (χ2n) is 3.84. The third kappa shape index (κ3) is 1.89. The van der Waals surface area contributed by atoms with Crippen molar-refractivity contribution in [3.63, 3.8) is 0 Å². The molecule has 0 fully saturated rings. The number of hydrogen-bond donors (Lipinski definition) is 2. The van der Waals surface area contributed by atoms with Gasteiger partial charge in [0.15, 0.2) is 0 Å². The Kier molecular flexibility index (Phi) is 2.53. The van der Waals surface area contributed by atoms with Crippen LogP contribution in [0.4, 0.5) is 0 Å². The molecule has 0 aromatic carbocycles. The molecule has 6 heteroatoms. The first-order chi connectivity index (χ1) is 8.24. The van der Waals surface area contributed by atoms with Gasteiger partial charge in [-0.3, -0.25) is 9.78 Å². The number of hydrogen-bond acceptors (Lipinski definition) is 4. The molecule has 1 aliphatic rings. The Morgan fingerprint density at radius 3 is 3.00 bits per heavy atom. The maximum Gasteiger partial charge on any atom is 0.255 e. The summed E-state index contributed by atoms with van der Waals surface area (Å²) in [6.07, 6.45) is 3.37. The van der Waals surface area contributed by atoms with Gasteiger partial charge in [-0.2, -0.15) is 0 Å². The fourth-order valence-corrected chi connectivity index (χ4v) is 2.22. The smallest absolute Gasteiger partial charge is 0.255 e. The zero-order chi connectivity index (χ0) is 11.8. The summed E-state index contributed by atoms with van der Waals surface area (Å²) in [5, 5.41) is 3.11. The zero-order valence-electron chi connectivity index (χ0n) is 8.83. The molecule has 3 rings (SSSR count). The normalized spacial score (nSPS) is 13.7. The van der Waals surface area contributed by atoms with Gasteiger partial charge in [-0.15, -0.1) is 0 Å². The van der Waals surface area contributed by atoms with Gasteiger partial charge in [-0.25, -0.2) is 4.98 Å². The fourth-order valence-electron chi connectivity index (χ4n) is 1.86. The van der Waals surface area contributed by atoms with Gasteiger partial charge in [0.2, 0.25) is 0 Å². The minimum absolute atomic E-state index is 0.0741. The Bertz CT molecular complexity index is 638. The lowest BCUT2D eigenvalue weighted by molar-refractivity contribution is 0.757. The van der Waals surface area contributed by atoms with Gasteiger partial charge in [0.05, 0.1) is 11.3 Å². The minimum Gasteiger partial charge on any atom is -0.307 e. The third-order valence-electron chi connectivity index (χ3n) is 2.67. The van der Waals surface area contributed by atoms with E-state index in [9.17, 15) is 4.79 Å². The van der Waals surface area contributed by atoms with Crippen LogP contribution in [0.1, 0.15) is 11.3 Å². The molecule has 0 atom stereocenters. The number of fused-ring (bicyclic) bond motifs is 1. The summed E-state index contributed by atoms with van der Waals surface area (Å²) in [6.45, 7) is 1.24. The van der Waals surface area contributed by atoms with E-state index in [1.807, 2.05) is 6.07 Å². The minimum atomic E-state index is -0.0741. The number of aromatic amines is 1. The summed E-state index contributed by atoms with van der Waals surface area (Å²) in [4.78, 5) is 23.1. The highest BCUT2D eigenvalue weighted by atomic mass is 79.9. The van der Waals surface area contributed by atoms with Gasteiger partial charge in [0.25, 0.3) is 5.56 Å². The van der Waals surface area contributed by atoms with Crippen LogP contribution in [0, 0.1) is 0 Å². The summed E-state index contributed by atoms with van der Waals surface area (Å²) in [5.74, 6) is 0.561. The summed E-state index contributed by atoms with van der Waals surface area (Å²) in [5.41, 5.74) is 2.28. The molecule has 0 aliphatic carbocycles. The van der Waals surface area contributed by atoms with Crippen molar-refractivity contribution in [1.82, 2.24) is 20.3 Å². The average molecular weight is 293 g/mol. The van der Waals surface area contributed by atoms with Crippen LogP contribution in [0.3, 0.4) is 0 Å². The van der Waals surface area contributed by atoms with Gasteiger partial charge in [0, 0.05) is 35.5 Å². The highest BCUT2D eigenvalue weighted by Gasteiger charge is 2.17. The Balaban J connectivity index is 2.16. The van der Waals surface area contributed by atoms with Crippen LogP contribution in [0.15, 0.2) is 27.7 Å². The van der Waals surface area contributed by atoms with Crippen LogP contribution in [0.2, 0.25) is 0 Å². The van der Waals surface area contributed by atoms with E-state index in [-0.39, 0.29) is 5.56 Å². The average Bonchev–Trinajstić information content (AvgIpc) is 2.77. The lowest BCUT2D eigenvalue weighted by atomic mass is 10.2. The Morgan fingerprint density at radius 2 is 2.18 bits per heavy atom. The molecule has 0 amide bonds. The summed E-state index contributed by atoms with van der Waals surface area (Å²) < 4.78 is 0.858. The molecule has 2 aromatic heterocycles. The molecular weight excluding hydrogens is 284 g/mol. The second kappa shape index (κ2) is 4.05. The molecule has 2 N–H and O–H groups in total. The molecule has 0 saturated carbocycles. The van der Waals surface area contributed by atoms with Gasteiger partial charge in [0.1, 0.15) is 5.82 Å². The Morgan fingerprint density at radius 1 is 1.29 bits per heavy atom. The quantitative estimate of drug-likeness (QED) is 0.829. The van der Waals surface area contributed by atoms with E-state index in [0.717, 1.165) is 21.3 Å². The molecule has 0 spiro atoms. The van der Waals surface area contributed by atoms with Crippen molar-refractivity contribution in [2.75, 3.05) is 0 Å². The molecule has 0 unspecified atom stereocenters. The zero-order valence-corrected chi connectivity index (χ0v) is 10.4. The van der Waals surface area contributed by atoms with Crippen LogP contribution < -0.4 is 10.9 Å². The number of halogens is 1. The highest BCUT2D eigenvalue weighted by molar-refractivity contribution is 9.10. The van der Waals surface area contributed by atoms with Gasteiger partial charge < -0.3 is 10.3 Å². The van der Waals surface area contributed by atoms with Crippen molar-refractivity contribution >= 4 is 15.9 Å². The van der Waals surface area contributed by atoms with E-state index in [2.05, 4.69) is 36.2 Å². The van der Waals surface area contributed by atoms with Crippen molar-refractivity contribution in [3.8, 4) is 11.4 Å². The molecule has 0 saturated heterocycles. The first-order valence-corrected chi connectivity index (χ1v) is 5.97. The largest absolute Gasteiger partial charge is 0.307 e. The van der Waals surface area contributed by atoms with Crippen LogP contribution in [-0.4, -0.2) is 15.0 Å². The molecule has 3 heterocycles. The third-order valence-corrected chi connectivity index (χ3v) is 3.11. The predicted molar refractivity (Wildman–Crippen MR) is 66.3 cm³/mol. The van der Waals surface area contributed by atoms with Crippen molar-refractivity contribution < 1.29 is 0 Å². The molecule has 0 radical (unpaired) electrons. The number of pyridine rings is 1. The lowest BCUT2D eigenvalue weighted by Gasteiger charge is -2.03. The number of rotatable bonds is 1. The number of H-pyrrole nitrogens is 1. The maximum atomic E-state index is 11.8. The van der Waals surface area contributed by atoms with E-state index in [1.54, 1.807) is 12.4 Å². The Hall–Kier alpha value is -1.53. The molecule has 2 aromatic rings. The standard InChI is InChI=1S/C11H9BrN4O/c12-7-1-6(2-13-3-7)10-15-9-5-14-4-8(9)11(17)16-10/h1-3,14H,4-5H2,(H,15,16,17). The number of nitrogens with zero attached hydrogens (tertiary/aromatic N) is 2. The lowest BCUT2D eigenvalue weighted by Crippen LogP contribution is -2.15. The summed E-state index contributed by atoms with van der Waals surface area (Å²) in [7, 11) is 0. The number of nitrogens with one attached hydrogen (secondary N) is 2. The van der Waals surface area contributed by atoms with Crippen molar-refractivity contribution in [2.45, 2.75) is 13.1 Å². The highest BCUT2D eigenvalue weighted by Crippen LogP contribution is 2.19. The predicted octanol–water partition coefficient (Wildman–Crippen LogP) is 1.20. The molecule has 1 aliphatic heterocycles. The topological polar surface area (TPSA) is 70.7 Å². The van der Waals surface area contributed by atoms with E-state index in [1.165, 1.54) is 0 Å². The van der Waals surface area contributed by atoms with Crippen molar-refractivity contribution in [3.05, 3.63) is 44.5 Å². The number of aromatic nitrogens is 3. The Labute approximate surface area is 105 Å². The maximum absolute atomic E-state index is 11.8. The van der Waals surface area contributed by atoms with E-state index >= 15 is 0 Å². The van der Waals surface area contributed by atoms with E-state index in [0.29, 0.717) is 18.9 Å². The van der Waals surface area contributed by atoms with Crippen LogP contribution in [0.5, 0.6) is 0 Å². The first kappa shape index (κ1) is 10.6. The van der Waals surface area contributed by atoms with Gasteiger partial charge in [-0.05, 0) is 22.0 Å². The second-order valence-corrected chi connectivity index (χ2v) is 4.75. The van der Waals surface area contributed by atoms with Crippen LogP contribution in [0.25, 0.3) is 11.4 Å². The van der Waals surface area contributed by atoms with Crippen molar-refractivity contribution in [1.29, 1.82) is 0 Å². The van der Waals surface area contributed by atoms with E-state index < -0.39 is 0 Å². The molecule has 5 nitrogen and oxygen atoms in total. The molecule has 86 valence electrons. The van der Waals surface area contributed by atoms with Crippen LogP contribution >= 0.6 is 15.9 Å². The van der Waals surface area contributed by atoms with Gasteiger partial charge in [-0.1, -0.05) is 0 Å². The SMILES string of the molecule is O=c1[nH]c(-c2cncc(Br)c2)nc2c1CNC2. The summed E-state index contributed by atoms with van der Waals surface area (Å²) in [6, 6.07) is 1.88. The monoisotopic (exact) mass is 292 g/mol. The summed E-state index contributed by atoms with van der Waals surface area (Å²) >= 11 is 3.35. The first-order valence-electron chi connectivity index (χ1n) is 5.18. The molecule has 17 heavy (non-hydrogen) atoms.